The third-order valence-corrected chi connectivity index (χ3v) is 2.87. The molecule has 0 aliphatic rings. The van der Waals surface area contributed by atoms with E-state index in [1.807, 2.05) is 0 Å². The zero-order valence-corrected chi connectivity index (χ0v) is 12.2. The fraction of sp³-hybridized carbons (Fsp3) is 0.600. The molecule has 0 atom stereocenters. The molecule has 0 heterocycles. The highest BCUT2D eigenvalue weighted by atomic mass is 19.4. The first kappa shape index (κ1) is 16.8. The molecular weight excluding hydrogens is 267 g/mol. The van der Waals surface area contributed by atoms with E-state index in [1.54, 1.807) is 12.1 Å². The van der Waals surface area contributed by atoms with Crippen molar-refractivity contribution in [3.05, 3.63) is 29.8 Å². The Kier molecular flexibility index (Phi) is 5.87. The Balaban J connectivity index is 2.56. The minimum absolute atomic E-state index is 0.0571. The summed E-state index contributed by atoms with van der Waals surface area (Å²) >= 11 is 0. The Morgan fingerprint density at radius 2 is 1.70 bits per heavy atom. The van der Waals surface area contributed by atoms with Gasteiger partial charge in [0.05, 0.1) is 0 Å². The van der Waals surface area contributed by atoms with Crippen LogP contribution in [0.2, 0.25) is 0 Å². The van der Waals surface area contributed by atoms with Crippen LogP contribution in [-0.4, -0.2) is 19.5 Å². The molecule has 0 spiro atoms. The lowest BCUT2D eigenvalue weighted by atomic mass is 9.85. The van der Waals surface area contributed by atoms with Gasteiger partial charge < -0.3 is 10.1 Å². The summed E-state index contributed by atoms with van der Waals surface area (Å²) in [5.74, 6) is -0.178. The van der Waals surface area contributed by atoms with Crippen LogP contribution in [0.4, 0.5) is 13.2 Å². The predicted octanol–water partition coefficient (Wildman–Crippen LogP) is 4.15. The first-order valence-corrected chi connectivity index (χ1v) is 6.77. The molecule has 1 rings (SSSR count). The van der Waals surface area contributed by atoms with Crippen molar-refractivity contribution in [2.75, 3.05) is 13.1 Å². The molecule has 0 amide bonds. The minimum atomic E-state index is -4.63. The number of hydrogen-bond donors (Lipinski definition) is 1. The Bertz CT molecular complexity index is 399. The molecule has 1 aromatic carbocycles. The molecule has 1 N–H and O–H groups in total. The van der Waals surface area contributed by atoms with Gasteiger partial charge in [-0.05, 0) is 42.5 Å². The van der Waals surface area contributed by atoms with Gasteiger partial charge in [-0.3, -0.25) is 0 Å². The van der Waals surface area contributed by atoms with E-state index in [-0.39, 0.29) is 11.2 Å². The summed E-state index contributed by atoms with van der Waals surface area (Å²) in [6, 6.07) is 6.09. The molecule has 0 aliphatic carbocycles. The highest BCUT2D eigenvalue weighted by Crippen LogP contribution is 2.25. The SMILES string of the molecule is CCCNCC(C)(C)Cc1ccc(OC(F)(F)F)cc1. The molecule has 0 fully saturated rings. The Morgan fingerprint density at radius 1 is 1.10 bits per heavy atom. The number of alkyl halides is 3. The van der Waals surface area contributed by atoms with Crippen LogP contribution in [0, 0.1) is 5.41 Å². The fourth-order valence-electron chi connectivity index (χ4n) is 2.03. The van der Waals surface area contributed by atoms with Crippen LogP contribution < -0.4 is 10.1 Å². The van der Waals surface area contributed by atoms with Gasteiger partial charge >= 0.3 is 6.36 Å². The number of nitrogens with one attached hydrogen (secondary N) is 1. The molecule has 1 aromatic rings. The zero-order valence-electron chi connectivity index (χ0n) is 12.2. The third-order valence-electron chi connectivity index (χ3n) is 2.87. The lowest BCUT2D eigenvalue weighted by molar-refractivity contribution is -0.274. The standard InChI is InChI=1S/C15H22F3NO/c1-4-9-19-11-14(2,3)10-12-5-7-13(8-6-12)20-15(16,17)18/h5-8,19H,4,9-11H2,1-3H3. The Morgan fingerprint density at radius 3 is 2.20 bits per heavy atom. The molecule has 2 nitrogen and oxygen atoms in total. The van der Waals surface area contributed by atoms with Crippen molar-refractivity contribution in [2.24, 2.45) is 5.41 Å². The van der Waals surface area contributed by atoms with Crippen molar-refractivity contribution in [2.45, 2.75) is 40.0 Å². The van der Waals surface area contributed by atoms with E-state index >= 15 is 0 Å². The molecule has 114 valence electrons. The van der Waals surface area contributed by atoms with Crippen molar-refractivity contribution < 1.29 is 17.9 Å². The van der Waals surface area contributed by atoms with Crippen LogP contribution in [0.3, 0.4) is 0 Å². The summed E-state index contributed by atoms with van der Waals surface area (Å²) in [6.07, 6.45) is -2.75. The minimum Gasteiger partial charge on any atom is -0.406 e. The first-order valence-electron chi connectivity index (χ1n) is 6.77. The smallest absolute Gasteiger partial charge is 0.406 e. The van der Waals surface area contributed by atoms with Gasteiger partial charge in [0.2, 0.25) is 0 Å². The highest BCUT2D eigenvalue weighted by molar-refractivity contribution is 5.28. The largest absolute Gasteiger partial charge is 0.573 e. The molecule has 0 unspecified atom stereocenters. The molecule has 0 aromatic heterocycles. The molecule has 0 saturated carbocycles. The zero-order chi connectivity index (χ0) is 15.2. The van der Waals surface area contributed by atoms with Crippen LogP contribution in [0.5, 0.6) is 5.75 Å². The summed E-state index contributed by atoms with van der Waals surface area (Å²) in [7, 11) is 0. The lowest BCUT2D eigenvalue weighted by Gasteiger charge is -2.25. The number of benzene rings is 1. The molecular formula is C15H22F3NO. The molecule has 20 heavy (non-hydrogen) atoms. The van der Waals surface area contributed by atoms with E-state index in [4.69, 9.17) is 0 Å². The topological polar surface area (TPSA) is 21.3 Å². The third kappa shape index (κ3) is 6.80. The summed E-state index contributed by atoms with van der Waals surface area (Å²) in [6.45, 7) is 8.23. The molecule has 0 aliphatic heterocycles. The lowest BCUT2D eigenvalue weighted by Crippen LogP contribution is -2.31. The average Bonchev–Trinajstić information content (AvgIpc) is 2.30. The van der Waals surface area contributed by atoms with Crippen molar-refractivity contribution >= 4 is 0 Å². The van der Waals surface area contributed by atoms with Crippen LogP contribution in [0.25, 0.3) is 0 Å². The summed E-state index contributed by atoms with van der Waals surface area (Å²) < 4.78 is 40.0. The number of rotatable bonds is 7. The summed E-state index contributed by atoms with van der Waals surface area (Å²) in [5, 5.41) is 3.36. The van der Waals surface area contributed by atoms with E-state index < -0.39 is 6.36 Å². The highest BCUT2D eigenvalue weighted by Gasteiger charge is 2.31. The summed E-state index contributed by atoms with van der Waals surface area (Å²) in [4.78, 5) is 0. The Labute approximate surface area is 118 Å². The predicted molar refractivity (Wildman–Crippen MR) is 73.8 cm³/mol. The van der Waals surface area contributed by atoms with Crippen LogP contribution >= 0.6 is 0 Å². The summed E-state index contributed by atoms with van der Waals surface area (Å²) in [5.41, 5.74) is 1.06. The maximum Gasteiger partial charge on any atom is 0.573 e. The van der Waals surface area contributed by atoms with Crippen molar-refractivity contribution in [1.29, 1.82) is 0 Å². The van der Waals surface area contributed by atoms with Gasteiger partial charge in [-0.25, -0.2) is 0 Å². The van der Waals surface area contributed by atoms with Gasteiger partial charge in [0, 0.05) is 6.54 Å². The van der Waals surface area contributed by atoms with Crippen LogP contribution in [0.1, 0.15) is 32.8 Å². The van der Waals surface area contributed by atoms with Gasteiger partial charge in [-0.15, -0.1) is 13.2 Å². The fourth-order valence-corrected chi connectivity index (χ4v) is 2.03. The number of ether oxygens (including phenoxy) is 1. The van der Waals surface area contributed by atoms with Crippen molar-refractivity contribution in [3.8, 4) is 5.75 Å². The normalized spacial score (nSPS) is 12.5. The van der Waals surface area contributed by atoms with Gasteiger partial charge in [0.1, 0.15) is 5.75 Å². The van der Waals surface area contributed by atoms with Crippen LogP contribution in [-0.2, 0) is 6.42 Å². The maximum absolute atomic E-state index is 12.1. The van der Waals surface area contributed by atoms with E-state index in [2.05, 4.69) is 30.8 Å². The van der Waals surface area contributed by atoms with Crippen molar-refractivity contribution in [1.82, 2.24) is 5.32 Å². The molecule has 0 radical (unpaired) electrons. The van der Waals surface area contributed by atoms with E-state index in [9.17, 15) is 13.2 Å². The van der Waals surface area contributed by atoms with Gasteiger partial charge in [-0.1, -0.05) is 32.9 Å². The van der Waals surface area contributed by atoms with Crippen LogP contribution in [0.15, 0.2) is 24.3 Å². The second-order valence-electron chi connectivity index (χ2n) is 5.71. The van der Waals surface area contributed by atoms with Gasteiger partial charge in [-0.2, -0.15) is 0 Å². The second-order valence-corrected chi connectivity index (χ2v) is 5.71. The monoisotopic (exact) mass is 289 g/mol. The first-order chi connectivity index (χ1) is 9.22. The van der Waals surface area contributed by atoms with E-state index in [0.717, 1.165) is 31.5 Å². The molecule has 5 heteroatoms. The molecule has 0 bridgehead atoms. The van der Waals surface area contributed by atoms with E-state index in [1.165, 1.54) is 12.1 Å². The average molecular weight is 289 g/mol. The van der Waals surface area contributed by atoms with Gasteiger partial charge in [0.25, 0.3) is 0 Å². The van der Waals surface area contributed by atoms with E-state index in [0.29, 0.717) is 0 Å². The van der Waals surface area contributed by atoms with Crippen molar-refractivity contribution in [3.63, 3.8) is 0 Å². The Hall–Kier alpha value is -1.23. The van der Waals surface area contributed by atoms with Gasteiger partial charge in [0.15, 0.2) is 0 Å². The quantitative estimate of drug-likeness (QED) is 0.761. The molecule has 0 saturated heterocycles. The number of hydrogen-bond acceptors (Lipinski definition) is 2. The number of halogens is 3. The second kappa shape index (κ2) is 6.97. The maximum atomic E-state index is 12.1.